The fourth-order valence-corrected chi connectivity index (χ4v) is 2.35. The Kier molecular flexibility index (Phi) is 4.38. The third-order valence-corrected chi connectivity index (χ3v) is 3.44. The molecule has 1 amide bonds. The summed E-state index contributed by atoms with van der Waals surface area (Å²) in [5.74, 6) is -0.766. The van der Waals surface area contributed by atoms with E-state index in [-0.39, 0.29) is 18.6 Å². The molecular weight excluding hydrogens is 293 g/mol. The first-order valence-corrected chi connectivity index (χ1v) is 7.35. The van der Waals surface area contributed by atoms with E-state index in [1.165, 1.54) is 17.2 Å². The Morgan fingerprint density at radius 2 is 2.15 bits per heavy atom. The number of ether oxygens (including phenoxy) is 1. The maximum Gasteiger partial charge on any atom is 0.469 e. The van der Waals surface area contributed by atoms with E-state index in [1.54, 1.807) is 0 Å². The first kappa shape index (κ1) is 15.3. The van der Waals surface area contributed by atoms with Crippen molar-refractivity contribution in [2.24, 2.45) is 0 Å². The lowest BCUT2D eigenvalue weighted by Crippen LogP contribution is -2.39. The molecule has 1 unspecified atom stereocenters. The topological polar surface area (TPSA) is 134 Å². The van der Waals surface area contributed by atoms with Crippen molar-refractivity contribution in [1.29, 1.82) is 0 Å². The Bertz CT molecular complexity index is 486. The van der Waals surface area contributed by atoms with Gasteiger partial charge in [-0.2, -0.15) is 0 Å². The smallest absolute Gasteiger partial charge is 0.390 e. The van der Waals surface area contributed by atoms with Gasteiger partial charge in [-0.15, -0.1) is 0 Å². The molecule has 2 aliphatic heterocycles. The lowest BCUT2D eigenvalue weighted by atomic mass is 10.1. The van der Waals surface area contributed by atoms with Crippen LogP contribution in [-0.2, 0) is 23.4 Å². The Morgan fingerprint density at radius 1 is 1.45 bits per heavy atom. The molecule has 0 aromatic heterocycles. The van der Waals surface area contributed by atoms with E-state index in [0.29, 0.717) is 0 Å². The number of nitrogens with zero attached hydrogens (tertiary/aromatic N) is 1. The maximum atomic E-state index is 11.7. The van der Waals surface area contributed by atoms with Crippen molar-refractivity contribution >= 4 is 19.5 Å². The molecule has 2 rings (SSSR count). The molecule has 2 aliphatic rings. The highest BCUT2D eigenvalue weighted by atomic mass is 31.2. The van der Waals surface area contributed by atoms with E-state index in [4.69, 9.17) is 14.5 Å². The summed E-state index contributed by atoms with van der Waals surface area (Å²) >= 11 is 0. The van der Waals surface area contributed by atoms with Gasteiger partial charge in [0.25, 0.3) is 0 Å². The number of hydrogen-bond donors (Lipinski definition) is 3. The van der Waals surface area contributed by atoms with Crippen LogP contribution >= 0.6 is 7.82 Å². The number of carbonyl (C=O) groups is 2. The first-order chi connectivity index (χ1) is 9.26. The predicted octanol–water partition coefficient (Wildman–Crippen LogP) is -1.11. The Labute approximate surface area is 114 Å². The van der Waals surface area contributed by atoms with Crippen molar-refractivity contribution in [2.45, 2.75) is 31.3 Å². The van der Waals surface area contributed by atoms with Gasteiger partial charge in [-0.05, 0) is 6.08 Å². The molecule has 0 radical (unpaired) electrons. The lowest BCUT2D eigenvalue weighted by Gasteiger charge is -2.27. The van der Waals surface area contributed by atoms with Gasteiger partial charge in [0.2, 0.25) is 5.91 Å². The van der Waals surface area contributed by atoms with Crippen molar-refractivity contribution in [2.75, 3.05) is 6.61 Å². The summed E-state index contributed by atoms with van der Waals surface area (Å²) < 4.78 is 20.2. The molecule has 0 aromatic carbocycles. The maximum absolute atomic E-state index is 11.7. The van der Waals surface area contributed by atoms with Gasteiger partial charge in [0.15, 0.2) is 5.78 Å². The van der Waals surface area contributed by atoms with E-state index in [0.717, 1.165) is 0 Å². The lowest BCUT2D eigenvalue weighted by molar-refractivity contribution is -0.144. The van der Waals surface area contributed by atoms with Crippen molar-refractivity contribution in [3.05, 3.63) is 12.3 Å². The second-order valence-electron chi connectivity index (χ2n) is 4.48. The second kappa shape index (κ2) is 5.72. The van der Waals surface area contributed by atoms with E-state index in [2.05, 4.69) is 4.52 Å². The van der Waals surface area contributed by atoms with Gasteiger partial charge in [-0.3, -0.25) is 19.0 Å². The summed E-state index contributed by atoms with van der Waals surface area (Å²) in [4.78, 5) is 41.1. The van der Waals surface area contributed by atoms with Crippen LogP contribution in [0.15, 0.2) is 12.3 Å². The van der Waals surface area contributed by atoms with Crippen LogP contribution in [0.5, 0.6) is 0 Å². The van der Waals surface area contributed by atoms with Crippen LogP contribution in [-0.4, -0.2) is 56.5 Å². The number of phosphoric acid groups is 1. The van der Waals surface area contributed by atoms with Gasteiger partial charge in [0.05, 0.1) is 19.1 Å². The van der Waals surface area contributed by atoms with Crippen LogP contribution in [0.2, 0.25) is 0 Å². The van der Waals surface area contributed by atoms with Crippen LogP contribution in [0.4, 0.5) is 0 Å². The molecule has 20 heavy (non-hydrogen) atoms. The standard InChI is InChI=1S/C10H14NO8P/c12-6-1-2-11(9(14)3-6)10-4-7(13)8(19-10)5-18-20(15,16)17/h1-2,7-8,10,13H,3-5H2,(H2,15,16,17)/t7?,8-,10-/m1/s1. The Hall–Kier alpha value is -1.09. The highest BCUT2D eigenvalue weighted by Gasteiger charge is 2.40. The third kappa shape index (κ3) is 3.72. The molecule has 112 valence electrons. The Balaban J connectivity index is 1.96. The average Bonchev–Trinajstić information content (AvgIpc) is 2.67. The van der Waals surface area contributed by atoms with Gasteiger partial charge in [-0.25, -0.2) is 4.57 Å². The van der Waals surface area contributed by atoms with E-state index < -0.39 is 38.8 Å². The average molecular weight is 307 g/mol. The zero-order valence-corrected chi connectivity index (χ0v) is 11.2. The van der Waals surface area contributed by atoms with Crippen LogP contribution in [0.3, 0.4) is 0 Å². The van der Waals surface area contributed by atoms with Crippen LogP contribution < -0.4 is 0 Å². The summed E-state index contributed by atoms with van der Waals surface area (Å²) in [7, 11) is -4.65. The predicted molar refractivity (Wildman–Crippen MR) is 62.9 cm³/mol. The number of aliphatic hydroxyl groups excluding tert-OH is 1. The molecule has 0 bridgehead atoms. The van der Waals surface area contributed by atoms with Crippen LogP contribution in [0.1, 0.15) is 12.8 Å². The number of ketones is 1. The molecule has 1 fully saturated rings. The van der Waals surface area contributed by atoms with Crippen molar-refractivity contribution < 1.29 is 38.3 Å². The van der Waals surface area contributed by atoms with Gasteiger partial charge in [0, 0.05) is 12.6 Å². The summed E-state index contributed by atoms with van der Waals surface area (Å²) in [6.07, 6.45) is -0.451. The quantitative estimate of drug-likeness (QED) is 0.439. The summed E-state index contributed by atoms with van der Waals surface area (Å²) in [6, 6.07) is 0. The largest absolute Gasteiger partial charge is 0.469 e. The number of hydrogen-bond acceptors (Lipinski definition) is 6. The van der Waals surface area contributed by atoms with Gasteiger partial charge in [-0.1, -0.05) is 0 Å². The molecular formula is C10H14NO8P. The molecule has 0 aliphatic carbocycles. The monoisotopic (exact) mass is 307 g/mol. The zero-order valence-electron chi connectivity index (χ0n) is 10.3. The molecule has 9 nitrogen and oxygen atoms in total. The number of phosphoric ester groups is 1. The molecule has 0 saturated carbocycles. The van der Waals surface area contributed by atoms with Crippen LogP contribution in [0, 0.1) is 0 Å². The summed E-state index contributed by atoms with van der Waals surface area (Å²) in [6.45, 7) is -0.493. The van der Waals surface area contributed by atoms with Crippen molar-refractivity contribution in [3.8, 4) is 0 Å². The fraction of sp³-hybridized carbons (Fsp3) is 0.600. The Morgan fingerprint density at radius 3 is 2.75 bits per heavy atom. The minimum atomic E-state index is -4.65. The van der Waals surface area contributed by atoms with Gasteiger partial charge in [0.1, 0.15) is 12.3 Å². The minimum Gasteiger partial charge on any atom is -0.390 e. The van der Waals surface area contributed by atoms with Crippen molar-refractivity contribution in [3.63, 3.8) is 0 Å². The number of amides is 1. The molecule has 0 aromatic rings. The van der Waals surface area contributed by atoms with Crippen LogP contribution in [0.25, 0.3) is 0 Å². The van der Waals surface area contributed by atoms with E-state index >= 15 is 0 Å². The second-order valence-corrected chi connectivity index (χ2v) is 5.72. The fourth-order valence-electron chi connectivity index (χ4n) is 2.01. The van der Waals surface area contributed by atoms with Crippen molar-refractivity contribution in [1.82, 2.24) is 4.90 Å². The first-order valence-electron chi connectivity index (χ1n) is 5.82. The molecule has 3 N–H and O–H groups in total. The highest BCUT2D eigenvalue weighted by Crippen LogP contribution is 2.37. The zero-order chi connectivity index (χ0) is 14.9. The number of carbonyl (C=O) groups excluding carboxylic acids is 2. The normalized spacial score (nSPS) is 31.1. The molecule has 10 heteroatoms. The van der Waals surface area contributed by atoms with E-state index in [1.807, 2.05) is 0 Å². The number of allylic oxidation sites excluding steroid dienone is 1. The number of rotatable bonds is 4. The molecule has 1 saturated heterocycles. The summed E-state index contributed by atoms with van der Waals surface area (Å²) in [5.41, 5.74) is 0. The summed E-state index contributed by atoms with van der Waals surface area (Å²) in [5, 5.41) is 9.74. The van der Waals surface area contributed by atoms with E-state index in [9.17, 15) is 19.3 Å². The third-order valence-electron chi connectivity index (χ3n) is 2.96. The minimum absolute atomic E-state index is 0.0689. The SMILES string of the molecule is O=C1C=CN([C@H]2CC(O)[C@@H](COP(=O)(O)O)O2)C(=O)C1. The molecule has 0 spiro atoms. The molecule has 2 heterocycles. The van der Waals surface area contributed by atoms with Gasteiger partial charge >= 0.3 is 7.82 Å². The molecule has 3 atom stereocenters. The highest BCUT2D eigenvalue weighted by molar-refractivity contribution is 7.46. The number of aliphatic hydroxyl groups is 1. The van der Waals surface area contributed by atoms with Gasteiger partial charge < -0.3 is 19.6 Å².